The number of carbonyl (C=O) groups excluding carboxylic acids is 1. The molecule has 0 spiro atoms. The van der Waals surface area contributed by atoms with E-state index in [0.717, 1.165) is 17.7 Å². The van der Waals surface area contributed by atoms with Crippen molar-refractivity contribution < 1.29 is 4.79 Å². The summed E-state index contributed by atoms with van der Waals surface area (Å²) in [6.07, 6.45) is 0.860. The molecule has 0 aliphatic heterocycles. The lowest BCUT2D eigenvalue weighted by Gasteiger charge is -2.08. The van der Waals surface area contributed by atoms with E-state index in [2.05, 4.69) is 29.3 Å². The van der Waals surface area contributed by atoms with Crippen molar-refractivity contribution in [2.75, 3.05) is 5.75 Å². The molecule has 5 rings (SSSR count). The van der Waals surface area contributed by atoms with Gasteiger partial charge in [0, 0.05) is 11.1 Å². The summed E-state index contributed by atoms with van der Waals surface area (Å²) in [5, 5.41) is 10.1. The zero-order valence-corrected chi connectivity index (χ0v) is 17.5. The lowest BCUT2D eigenvalue weighted by Crippen LogP contribution is -2.04. The van der Waals surface area contributed by atoms with Gasteiger partial charge < -0.3 is 0 Å². The fourth-order valence-corrected chi connectivity index (χ4v) is 4.81. The molecular weight excluding hydrogens is 400 g/mol. The number of nitrogens with zero attached hydrogens (tertiary/aromatic N) is 2. The van der Waals surface area contributed by atoms with Crippen LogP contribution in [0.2, 0.25) is 0 Å². The van der Waals surface area contributed by atoms with Gasteiger partial charge in [-0.1, -0.05) is 78.5 Å². The second-order valence-electron chi connectivity index (χ2n) is 7.44. The smallest absolute Gasteiger partial charge is 0.173 e. The van der Waals surface area contributed by atoms with Crippen LogP contribution in [-0.4, -0.2) is 16.5 Å². The van der Waals surface area contributed by atoms with Gasteiger partial charge >= 0.3 is 0 Å². The Labute approximate surface area is 185 Å². The van der Waals surface area contributed by atoms with Crippen LogP contribution in [0, 0.1) is 11.3 Å². The van der Waals surface area contributed by atoms with Gasteiger partial charge in [0.25, 0.3) is 0 Å². The number of nitriles is 1. The maximum Gasteiger partial charge on any atom is 0.173 e. The molecule has 1 heterocycles. The van der Waals surface area contributed by atoms with Gasteiger partial charge in [-0.25, -0.2) is 4.98 Å². The summed E-state index contributed by atoms with van der Waals surface area (Å²) in [4.78, 5) is 17.6. The molecule has 0 fully saturated rings. The van der Waals surface area contributed by atoms with E-state index in [-0.39, 0.29) is 11.5 Å². The Hall–Kier alpha value is -3.68. The monoisotopic (exact) mass is 418 g/mol. The molecule has 1 aromatic heterocycles. The molecule has 1 aliphatic rings. The van der Waals surface area contributed by atoms with Crippen molar-refractivity contribution >= 4 is 17.5 Å². The SMILES string of the molecule is N#Cc1ccc(-c2ccccc2)nc1SCC(=O)c1ccc2c(c1)Cc1ccccc1-2. The molecule has 0 N–H and O–H groups in total. The normalized spacial score (nSPS) is 11.5. The Morgan fingerprint density at radius 3 is 2.52 bits per heavy atom. The van der Waals surface area contributed by atoms with Crippen molar-refractivity contribution in [2.24, 2.45) is 0 Å². The molecule has 0 bridgehead atoms. The van der Waals surface area contributed by atoms with Gasteiger partial charge in [0.2, 0.25) is 0 Å². The molecule has 0 saturated carbocycles. The summed E-state index contributed by atoms with van der Waals surface area (Å²) in [6.45, 7) is 0. The van der Waals surface area contributed by atoms with E-state index in [4.69, 9.17) is 0 Å². The van der Waals surface area contributed by atoms with Crippen molar-refractivity contribution in [1.82, 2.24) is 4.98 Å². The van der Waals surface area contributed by atoms with Crippen LogP contribution in [0.25, 0.3) is 22.4 Å². The molecule has 31 heavy (non-hydrogen) atoms. The zero-order chi connectivity index (χ0) is 21.2. The number of carbonyl (C=O) groups is 1. The molecule has 4 heteroatoms. The van der Waals surface area contributed by atoms with Crippen molar-refractivity contribution in [3.05, 3.63) is 107 Å². The Bertz CT molecular complexity index is 1340. The molecular formula is C27H18N2OS. The Kier molecular flexibility index (Phi) is 5.11. The molecule has 1 aliphatic carbocycles. The number of aromatic nitrogens is 1. The summed E-state index contributed by atoms with van der Waals surface area (Å²) in [6, 6.07) is 30.0. The van der Waals surface area contributed by atoms with Crippen molar-refractivity contribution in [1.29, 1.82) is 5.26 Å². The highest BCUT2D eigenvalue weighted by Crippen LogP contribution is 2.37. The first-order valence-electron chi connectivity index (χ1n) is 10.1. The fraction of sp³-hybridized carbons (Fsp3) is 0.0741. The predicted molar refractivity (Wildman–Crippen MR) is 124 cm³/mol. The van der Waals surface area contributed by atoms with Gasteiger partial charge in [0.05, 0.1) is 17.0 Å². The lowest BCUT2D eigenvalue weighted by atomic mass is 10.0. The number of Topliss-reactive ketones (excluding diaryl/α,β-unsaturated/α-hetero) is 1. The summed E-state index contributed by atoms with van der Waals surface area (Å²) in [5.41, 5.74) is 7.94. The van der Waals surface area contributed by atoms with E-state index in [1.807, 2.05) is 60.7 Å². The molecule has 0 amide bonds. The van der Waals surface area contributed by atoms with E-state index in [1.54, 1.807) is 6.07 Å². The van der Waals surface area contributed by atoms with E-state index in [1.165, 1.54) is 34.0 Å². The van der Waals surface area contributed by atoms with Gasteiger partial charge in [-0.15, -0.1) is 0 Å². The maximum absolute atomic E-state index is 12.9. The first-order chi connectivity index (χ1) is 15.2. The minimum atomic E-state index is 0.0413. The molecule has 0 atom stereocenters. The van der Waals surface area contributed by atoms with Crippen LogP contribution >= 0.6 is 11.8 Å². The highest BCUT2D eigenvalue weighted by Gasteiger charge is 2.20. The zero-order valence-electron chi connectivity index (χ0n) is 16.7. The van der Waals surface area contributed by atoms with Gasteiger partial charge in [-0.3, -0.25) is 4.79 Å². The number of fused-ring (bicyclic) bond motifs is 3. The molecule has 0 unspecified atom stereocenters. The quantitative estimate of drug-likeness (QED) is 0.253. The summed E-state index contributed by atoms with van der Waals surface area (Å²) >= 11 is 1.32. The van der Waals surface area contributed by atoms with E-state index < -0.39 is 0 Å². The van der Waals surface area contributed by atoms with Gasteiger partial charge in [0.1, 0.15) is 11.1 Å². The number of benzene rings is 3. The van der Waals surface area contributed by atoms with Crippen LogP contribution in [-0.2, 0) is 6.42 Å². The first-order valence-corrected chi connectivity index (χ1v) is 11.1. The largest absolute Gasteiger partial charge is 0.293 e. The fourth-order valence-electron chi connectivity index (χ4n) is 3.94. The van der Waals surface area contributed by atoms with E-state index >= 15 is 0 Å². The van der Waals surface area contributed by atoms with E-state index in [9.17, 15) is 10.1 Å². The van der Waals surface area contributed by atoms with Crippen molar-refractivity contribution in [3.8, 4) is 28.5 Å². The number of hydrogen-bond donors (Lipinski definition) is 0. The van der Waals surface area contributed by atoms with Gasteiger partial charge in [0.15, 0.2) is 5.78 Å². The average Bonchev–Trinajstić information content (AvgIpc) is 3.20. The molecule has 0 saturated heterocycles. The number of rotatable bonds is 5. The standard InChI is InChI=1S/C27H18N2OS/c28-16-21-11-13-25(18-6-2-1-3-7-18)29-27(21)31-17-26(30)20-10-12-24-22(15-20)14-19-8-4-5-9-23(19)24/h1-13,15H,14,17H2. The van der Waals surface area contributed by atoms with Gasteiger partial charge in [-0.2, -0.15) is 5.26 Å². The molecule has 0 radical (unpaired) electrons. The summed E-state index contributed by atoms with van der Waals surface area (Å²) < 4.78 is 0. The molecule has 3 aromatic carbocycles. The minimum absolute atomic E-state index is 0.0413. The number of hydrogen-bond acceptors (Lipinski definition) is 4. The lowest BCUT2D eigenvalue weighted by molar-refractivity contribution is 0.102. The minimum Gasteiger partial charge on any atom is -0.293 e. The van der Waals surface area contributed by atoms with Crippen LogP contribution < -0.4 is 0 Å². The Balaban J connectivity index is 1.35. The maximum atomic E-state index is 12.9. The molecule has 3 nitrogen and oxygen atoms in total. The summed E-state index contributed by atoms with van der Waals surface area (Å²) in [5.74, 6) is 0.283. The third-order valence-electron chi connectivity index (χ3n) is 5.51. The van der Waals surface area contributed by atoms with Crippen LogP contribution in [0.4, 0.5) is 0 Å². The third kappa shape index (κ3) is 3.76. The first kappa shape index (κ1) is 19.3. The summed E-state index contributed by atoms with van der Waals surface area (Å²) in [7, 11) is 0. The Morgan fingerprint density at radius 2 is 1.68 bits per heavy atom. The second kappa shape index (κ2) is 8.22. The number of pyridine rings is 1. The highest BCUT2D eigenvalue weighted by atomic mass is 32.2. The van der Waals surface area contributed by atoms with Crippen LogP contribution in [0.5, 0.6) is 0 Å². The highest BCUT2D eigenvalue weighted by molar-refractivity contribution is 8.00. The van der Waals surface area contributed by atoms with Crippen LogP contribution in [0.1, 0.15) is 27.0 Å². The van der Waals surface area contributed by atoms with E-state index in [0.29, 0.717) is 16.2 Å². The third-order valence-corrected chi connectivity index (χ3v) is 6.50. The average molecular weight is 419 g/mol. The van der Waals surface area contributed by atoms with Crippen molar-refractivity contribution in [3.63, 3.8) is 0 Å². The Morgan fingerprint density at radius 1 is 0.903 bits per heavy atom. The van der Waals surface area contributed by atoms with Crippen molar-refractivity contribution in [2.45, 2.75) is 11.4 Å². The molecule has 4 aromatic rings. The number of ketones is 1. The number of thioether (sulfide) groups is 1. The van der Waals surface area contributed by atoms with Crippen LogP contribution in [0.15, 0.2) is 90.0 Å². The van der Waals surface area contributed by atoms with Gasteiger partial charge in [-0.05, 0) is 46.9 Å². The van der Waals surface area contributed by atoms with Crippen LogP contribution in [0.3, 0.4) is 0 Å². The predicted octanol–water partition coefficient (Wildman–Crippen LogP) is 6.17. The molecule has 148 valence electrons. The second-order valence-corrected chi connectivity index (χ2v) is 8.41. The topological polar surface area (TPSA) is 53.8 Å².